The summed E-state index contributed by atoms with van der Waals surface area (Å²) in [6, 6.07) is 3.32. The number of aldehydes is 1. The summed E-state index contributed by atoms with van der Waals surface area (Å²) in [7, 11) is 4.93. The van der Waals surface area contributed by atoms with E-state index in [1.807, 2.05) is 18.4 Å². The number of likely N-dealkylation sites (N-methyl/N-ethyl adjacent to an activating group) is 1. The van der Waals surface area contributed by atoms with Gasteiger partial charge in [-0.2, -0.15) is 0 Å². The van der Waals surface area contributed by atoms with Gasteiger partial charge in [0.2, 0.25) is 0 Å². The second-order valence-corrected chi connectivity index (χ2v) is 4.20. The fraction of sp³-hybridized carbons (Fsp3) is 0.417. The molecule has 0 aliphatic carbocycles. The lowest BCUT2D eigenvalue weighted by atomic mass is 10.1. The maximum atomic E-state index is 11.0. The van der Waals surface area contributed by atoms with Crippen LogP contribution in [0, 0.1) is 0 Å². The van der Waals surface area contributed by atoms with E-state index in [9.17, 15) is 4.79 Å². The number of carbonyl (C=O) groups is 1. The molecule has 0 bridgehead atoms. The molecule has 94 valence electrons. The Bertz CT molecular complexity index is 396. The molecule has 1 atom stereocenters. The van der Waals surface area contributed by atoms with Gasteiger partial charge in [-0.1, -0.05) is 0 Å². The summed E-state index contributed by atoms with van der Waals surface area (Å²) in [6.45, 7) is 0. The molecule has 0 heterocycles. The predicted octanol–water partition coefficient (Wildman–Crippen LogP) is 1.89. The van der Waals surface area contributed by atoms with E-state index in [4.69, 9.17) is 9.47 Å². The van der Waals surface area contributed by atoms with E-state index in [1.165, 1.54) is 0 Å². The number of thioether (sulfide) groups is 1. The molecule has 0 saturated heterocycles. The topological polar surface area (TPSA) is 47.6 Å². The van der Waals surface area contributed by atoms with E-state index in [-0.39, 0.29) is 0 Å². The number of ether oxygens (including phenoxy) is 2. The Balaban J connectivity index is 3.32. The molecule has 1 N–H and O–H groups in total. The Hall–Kier alpha value is -1.20. The molecule has 1 aromatic rings. The number of carbonyl (C=O) groups excluding carboxylic acids is 1. The Morgan fingerprint density at radius 2 is 1.94 bits per heavy atom. The van der Waals surface area contributed by atoms with Crippen molar-refractivity contribution in [1.82, 2.24) is 5.32 Å². The van der Waals surface area contributed by atoms with Gasteiger partial charge in [0.15, 0.2) is 0 Å². The van der Waals surface area contributed by atoms with Gasteiger partial charge < -0.3 is 19.6 Å². The number of rotatable bonds is 6. The third-order valence-corrected chi connectivity index (χ3v) is 3.28. The minimum absolute atomic E-state index is 0.394. The van der Waals surface area contributed by atoms with Crippen LogP contribution in [0.25, 0.3) is 0 Å². The summed E-state index contributed by atoms with van der Waals surface area (Å²) in [4.78, 5) is 12.0. The fourth-order valence-corrected chi connectivity index (χ4v) is 2.16. The van der Waals surface area contributed by atoms with Gasteiger partial charge in [0, 0.05) is 5.56 Å². The first-order valence-electron chi connectivity index (χ1n) is 5.14. The van der Waals surface area contributed by atoms with Crippen molar-refractivity contribution in [1.29, 1.82) is 0 Å². The molecule has 5 heteroatoms. The molecule has 4 nitrogen and oxygen atoms in total. The van der Waals surface area contributed by atoms with Gasteiger partial charge in [-0.3, -0.25) is 0 Å². The molecule has 1 aromatic carbocycles. The second kappa shape index (κ2) is 6.51. The minimum Gasteiger partial charge on any atom is -0.496 e. The quantitative estimate of drug-likeness (QED) is 0.621. The first kappa shape index (κ1) is 13.9. The Morgan fingerprint density at radius 1 is 1.29 bits per heavy atom. The maximum absolute atomic E-state index is 11.0. The fourth-order valence-electron chi connectivity index (χ4n) is 1.59. The van der Waals surface area contributed by atoms with E-state index in [0.29, 0.717) is 5.75 Å². The molecule has 0 spiro atoms. The van der Waals surface area contributed by atoms with Crippen LogP contribution < -0.4 is 14.8 Å². The third-order valence-electron chi connectivity index (χ3n) is 2.52. The molecule has 0 aliphatic heterocycles. The van der Waals surface area contributed by atoms with Gasteiger partial charge in [-0.15, -0.1) is 11.8 Å². The van der Waals surface area contributed by atoms with Gasteiger partial charge in [0.05, 0.1) is 25.2 Å². The molecule has 0 aromatic heterocycles. The number of nitrogens with one attached hydrogen (secondary N) is 1. The van der Waals surface area contributed by atoms with Crippen molar-refractivity contribution < 1.29 is 14.3 Å². The van der Waals surface area contributed by atoms with E-state index in [2.05, 4.69) is 5.32 Å². The van der Waals surface area contributed by atoms with Crippen LogP contribution >= 0.6 is 11.8 Å². The Morgan fingerprint density at radius 3 is 2.35 bits per heavy atom. The van der Waals surface area contributed by atoms with Crippen LogP contribution in [-0.4, -0.2) is 33.8 Å². The van der Waals surface area contributed by atoms with Crippen LogP contribution in [0.5, 0.6) is 11.5 Å². The van der Waals surface area contributed by atoms with Crippen molar-refractivity contribution in [2.75, 3.05) is 27.5 Å². The zero-order valence-electron chi connectivity index (χ0n) is 10.4. The summed E-state index contributed by atoms with van der Waals surface area (Å²) in [6.07, 6.45) is 2.81. The van der Waals surface area contributed by atoms with Crippen LogP contribution in [0.4, 0.5) is 0 Å². The normalized spacial score (nSPS) is 12.0. The highest BCUT2D eigenvalue weighted by Gasteiger charge is 2.17. The van der Waals surface area contributed by atoms with E-state index < -0.39 is 6.04 Å². The van der Waals surface area contributed by atoms with Crippen molar-refractivity contribution in [3.8, 4) is 11.5 Å². The van der Waals surface area contributed by atoms with Crippen molar-refractivity contribution >= 4 is 18.0 Å². The molecule has 1 unspecified atom stereocenters. The first-order chi connectivity index (χ1) is 8.21. The van der Waals surface area contributed by atoms with E-state index in [0.717, 1.165) is 22.5 Å². The molecule has 0 amide bonds. The molecule has 0 fully saturated rings. The molecule has 1 rings (SSSR count). The summed E-state index contributed by atoms with van der Waals surface area (Å²) in [5.74, 6) is 1.43. The molecule has 0 saturated carbocycles. The van der Waals surface area contributed by atoms with E-state index >= 15 is 0 Å². The number of methoxy groups -OCH3 is 2. The second-order valence-electron chi connectivity index (χ2n) is 3.35. The lowest BCUT2D eigenvalue weighted by Crippen LogP contribution is -2.18. The van der Waals surface area contributed by atoms with Crippen LogP contribution in [-0.2, 0) is 4.79 Å². The molecular weight excluding hydrogens is 238 g/mol. The Labute approximate surface area is 106 Å². The van der Waals surface area contributed by atoms with Crippen LogP contribution in [0.1, 0.15) is 11.6 Å². The average molecular weight is 255 g/mol. The summed E-state index contributed by atoms with van der Waals surface area (Å²) in [5, 5.41) is 2.92. The van der Waals surface area contributed by atoms with Crippen molar-refractivity contribution in [3.05, 3.63) is 17.7 Å². The van der Waals surface area contributed by atoms with Crippen LogP contribution in [0.15, 0.2) is 17.0 Å². The minimum atomic E-state index is -0.394. The van der Waals surface area contributed by atoms with Gasteiger partial charge in [0.1, 0.15) is 17.8 Å². The lowest BCUT2D eigenvalue weighted by Gasteiger charge is -2.17. The number of hydrogen-bond acceptors (Lipinski definition) is 5. The van der Waals surface area contributed by atoms with E-state index in [1.54, 1.807) is 33.0 Å². The molecule has 0 radical (unpaired) electrons. The Kier molecular flexibility index (Phi) is 5.31. The highest BCUT2D eigenvalue weighted by Crippen LogP contribution is 2.36. The van der Waals surface area contributed by atoms with Gasteiger partial charge in [-0.05, 0) is 25.4 Å². The highest BCUT2D eigenvalue weighted by molar-refractivity contribution is 7.98. The third kappa shape index (κ3) is 2.92. The zero-order valence-corrected chi connectivity index (χ0v) is 11.3. The summed E-state index contributed by atoms with van der Waals surface area (Å²) >= 11 is 1.57. The average Bonchev–Trinajstić information content (AvgIpc) is 2.39. The molecule has 0 aliphatic rings. The largest absolute Gasteiger partial charge is 0.496 e. The number of hydrogen-bond donors (Lipinski definition) is 1. The van der Waals surface area contributed by atoms with Crippen LogP contribution in [0.2, 0.25) is 0 Å². The monoisotopic (exact) mass is 255 g/mol. The standard InChI is InChI=1S/C12H17NO3S/c1-13-9(7-14)8-5-11(16-3)12(17-4)6-10(8)15-2/h5-7,9,13H,1-4H3. The maximum Gasteiger partial charge on any atom is 0.141 e. The zero-order chi connectivity index (χ0) is 12.8. The summed E-state index contributed by atoms with van der Waals surface area (Å²) < 4.78 is 10.6. The molecular formula is C12H17NO3S. The smallest absolute Gasteiger partial charge is 0.141 e. The SMILES string of the molecule is CNC(C=O)c1cc(OC)c(SC)cc1OC. The van der Waals surface area contributed by atoms with Gasteiger partial charge >= 0.3 is 0 Å². The van der Waals surface area contributed by atoms with Crippen molar-refractivity contribution in [2.24, 2.45) is 0 Å². The van der Waals surface area contributed by atoms with Gasteiger partial charge in [-0.25, -0.2) is 0 Å². The number of benzene rings is 1. The molecule has 17 heavy (non-hydrogen) atoms. The highest BCUT2D eigenvalue weighted by atomic mass is 32.2. The van der Waals surface area contributed by atoms with Crippen molar-refractivity contribution in [2.45, 2.75) is 10.9 Å². The first-order valence-corrected chi connectivity index (χ1v) is 6.36. The van der Waals surface area contributed by atoms with Crippen LogP contribution in [0.3, 0.4) is 0 Å². The summed E-state index contributed by atoms with van der Waals surface area (Å²) in [5.41, 5.74) is 0.777. The lowest BCUT2D eigenvalue weighted by molar-refractivity contribution is -0.109. The predicted molar refractivity (Wildman–Crippen MR) is 69.2 cm³/mol. The van der Waals surface area contributed by atoms with Crippen molar-refractivity contribution in [3.63, 3.8) is 0 Å². The van der Waals surface area contributed by atoms with Gasteiger partial charge in [0.25, 0.3) is 0 Å².